The summed E-state index contributed by atoms with van der Waals surface area (Å²) in [6.45, 7) is 8.70. The summed E-state index contributed by atoms with van der Waals surface area (Å²) >= 11 is 3.53. The van der Waals surface area contributed by atoms with Gasteiger partial charge in [-0.15, -0.1) is 13.2 Å². The number of carbonyl (C=O) groups is 2. The van der Waals surface area contributed by atoms with Gasteiger partial charge in [0.15, 0.2) is 0 Å². The van der Waals surface area contributed by atoms with Gasteiger partial charge in [-0.3, -0.25) is 9.59 Å². The molecular formula is C25H26BrF3N2O4. The number of hydrogen-bond donors (Lipinski definition) is 2. The SMILES string of the molecule is CC(C)(C)NC(=O)Cn1c(-c2ccc(OC(F)(F)F)cc2)cc2cc(C(C)(C)C(=O)O)cc(Br)c21. The van der Waals surface area contributed by atoms with Gasteiger partial charge in [-0.1, -0.05) is 0 Å². The van der Waals surface area contributed by atoms with Gasteiger partial charge in [0.25, 0.3) is 0 Å². The summed E-state index contributed by atoms with van der Waals surface area (Å²) < 4.78 is 44.0. The Kier molecular flexibility index (Phi) is 7.00. The van der Waals surface area contributed by atoms with Crippen LogP contribution in [0.3, 0.4) is 0 Å². The zero-order valence-electron chi connectivity index (χ0n) is 19.9. The first-order valence-electron chi connectivity index (χ1n) is 10.7. The van der Waals surface area contributed by atoms with E-state index in [4.69, 9.17) is 0 Å². The molecule has 0 bridgehead atoms. The summed E-state index contributed by atoms with van der Waals surface area (Å²) in [5.41, 5.74) is 0.718. The van der Waals surface area contributed by atoms with Crippen LogP contribution in [0, 0.1) is 0 Å². The summed E-state index contributed by atoms with van der Waals surface area (Å²) in [6.07, 6.45) is -4.81. The zero-order valence-corrected chi connectivity index (χ0v) is 21.5. The molecule has 188 valence electrons. The number of fused-ring (bicyclic) bond motifs is 1. The van der Waals surface area contributed by atoms with Gasteiger partial charge < -0.3 is 19.7 Å². The molecule has 1 aromatic heterocycles. The van der Waals surface area contributed by atoms with Crippen molar-refractivity contribution in [2.45, 2.75) is 58.5 Å². The predicted molar refractivity (Wildman–Crippen MR) is 130 cm³/mol. The highest BCUT2D eigenvalue weighted by Gasteiger charge is 2.32. The van der Waals surface area contributed by atoms with E-state index in [0.717, 1.165) is 0 Å². The average Bonchev–Trinajstić information content (AvgIpc) is 3.04. The fraction of sp³-hybridized carbons (Fsp3) is 0.360. The highest BCUT2D eigenvalue weighted by molar-refractivity contribution is 9.10. The molecule has 0 saturated carbocycles. The van der Waals surface area contributed by atoms with Crippen molar-refractivity contribution in [2.24, 2.45) is 0 Å². The van der Waals surface area contributed by atoms with Crippen LogP contribution in [-0.2, 0) is 21.5 Å². The lowest BCUT2D eigenvalue weighted by Crippen LogP contribution is -2.42. The van der Waals surface area contributed by atoms with E-state index in [1.807, 2.05) is 20.8 Å². The molecule has 0 aliphatic carbocycles. The van der Waals surface area contributed by atoms with E-state index < -0.39 is 23.3 Å². The smallest absolute Gasteiger partial charge is 0.481 e. The Morgan fingerprint density at radius 1 is 1.03 bits per heavy atom. The van der Waals surface area contributed by atoms with Gasteiger partial charge in [0, 0.05) is 21.1 Å². The minimum Gasteiger partial charge on any atom is -0.481 e. The maximum absolute atomic E-state index is 12.8. The van der Waals surface area contributed by atoms with Crippen LogP contribution in [0.1, 0.15) is 40.2 Å². The van der Waals surface area contributed by atoms with Crippen molar-refractivity contribution in [2.75, 3.05) is 0 Å². The minimum absolute atomic E-state index is 0.0584. The van der Waals surface area contributed by atoms with Crippen LogP contribution in [0.2, 0.25) is 0 Å². The normalized spacial score (nSPS) is 12.6. The Morgan fingerprint density at radius 2 is 1.63 bits per heavy atom. The van der Waals surface area contributed by atoms with Crippen LogP contribution >= 0.6 is 15.9 Å². The van der Waals surface area contributed by atoms with Crippen molar-refractivity contribution >= 4 is 38.7 Å². The molecule has 0 saturated heterocycles. The van der Waals surface area contributed by atoms with Crippen molar-refractivity contribution in [3.63, 3.8) is 0 Å². The van der Waals surface area contributed by atoms with Gasteiger partial charge in [0.2, 0.25) is 5.91 Å². The number of carbonyl (C=O) groups excluding carboxylic acids is 1. The number of alkyl halides is 3. The first-order chi connectivity index (χ1) is 16.0. The quantitative estimate of drug-likeness (QED) is 0.377. The molecule has 2 N–H and O–H groups in total. The Labute approximate surface area is 209 Å². The number of rotatable bonds is 6. The van der Waals surface area contributed by atoms with Gasteiger partial charge in [0.05, 0.1) is 10.9 Å². The van der Waals surface area contributed by atoms with Crippen molar-refractivity contribution in [1.82, 2.24) is 9.88 Å². The summed E-state index contributed by atoms with van der Waals surface area (Å²) in [7, 11) is 0. The fourth-order valence-corrected chi connectivity index (χ4v) is 4.37. The van der Waals surface area contributed by atoms with Gasteiger partial charge in [-0.05, 0) is 104 Å². The van der Waals surface area contributed by atoms with E-state index in [-0.39, 0.29) is 18.2 Å². The molecule has 3 rings (SSSR count). The number of aliphatic carboxylic acids is 1. The highest BCUT2D eigenvalue weighted by atomic mass is 79.9. The maximum atomic E-state index is 12.8. The fourth-order valence-electron chi connectivity index (χ4n) is 3.68. The first kappa shape index (κ1) is 26.6. The molecule has 2 aromatic carbocycles. The van der Waals surface area contributed by atoms with Gasteiger partial charge in [-0.2, -0.15) is 0 Å². The Balaban J connectivity index is 2.17. The molecule has 10 heteroatoms. The lowest BCUT2D eigenvalue weighted by Gasteiger charge is -2.22. The Bertz CT molecular complexity index is 1270. The van der Waals surface area contributed by atoms with Crippen LogP contribution in [0.5, 0.6) is 5.75 Å². The van der Waals surface area contributed by atoms with Crippen molar-refractivity contribution in [1.29, 1.82) is 0 Å². The number of benzene rings is 2. The van der Waals surface area contributed by atoms with Crippen LogP contribution in [0.4, 0.5) is 13.2 Å². The summed E-state index contributed by atoms with van der Waals surface area (Å²) in [4.78, 5) is 24.6. The van der Waals surface area contributed by atoms with Gasteiger partial charge in [0.1, 0.15) is 12.3 Å². The minimum atomic E-state index is -4.81. The Hall–Kier alpha value is -3.01. The van der Waals surface area contributed by atoms with Gasteiger partial charge in [-0.25, -0.2) is 0 Å². The third kappa shape index (κ3) is 6.17. The molecule has 0 aliphatic rings. The maximum Gasteiger partial charge on any atom is 0.573 e. The number of hydrogen-bond acceptors (Lipinski definition) is 3. The standard InChI is InChI=1S/C25H26BrF3N2O4/c1-23(2,3)30-20(32)13-31-19(14-6-8-17(9-7-14)35-25(27,28)29)11-15-10-16(12-18(26)21(15)31)24(4,5)22(33)34/h6-12H,13H2,1-5H3,(H,30,32)(H,33,34). The highest BCUT2D eigenvalue weighted by Crippen LogP contribution is 2.37. The largest absolute Gasteiger partial charge is 0.573 e. The molecule has 6 nitrogen and oxygen atoms in total. The number of halogens is 4. The first-order valence-corrected chi connectivity index (χ1v) is 11.5. The molecule has 0 atom stereocenters. The number of nitrogens with one attached hydrogen (secondary N) is 1. The second kappa shape index (κ2) is 9.22. The number of carboxylic acid groups (broad SMARTS) is 1. The molecule has 0 unspecified atom stereocenters. The predicted octanol–water partition coefficient (Wildman–Crippen LogP) is 6.25. The topological polar surface area (TPSA) is 80.6 Å². The number of ether oxygens (including phenoxy) is 1. The number of aromatic nitrogens is 1. The molecular weight excluding hydrogens is 529 g/mol. The summed E-state index contributed by atoms with van der Waals surface area (Å²) in [6, 6.07) is 10.6. The second-order valence-corrected chi connectivity index (χ2v) is 10.7. The van der Waals surface area contributed by atoms with Gasteiger partial charge >= 0.3 is 12.3 Å². The van der Waals surface area contributed by atoms with E-state index >= 15 is 0 Å². The van der Waals surface area contributed by atoms with Crippen molar-refractivity contribution < 1.29 is 32.6 Å². The lowest BCUT2D eigenvalue weighted by atomic mass is 9.84. The average molecular weight is 555 g/mol. The molecule has 0 radical (unpaired) electrons. The van der Waals surface area contributed by atoms with E-state index in [1.54, 1.807) is 36.6 Å². The zero-order chi connectivity index (χ0) is 26.3. The van der Waals surface area contributed by atoms with Crippen molar-refractivity contribution in [3.8, 4) is 17.0 Å². The third-order valence-corrected chi connectivity index (χ3v) is 6.01. The monoisotopic (exact) mass is 554 g/mol. The molecule has 35 heavy (non-hydrogen) atoms. The van der Waals surface area contributed by atoms with E-state index in [1.165, 1.54) is 24.3 Å². The molecule has 1 amide bonds. The number of carboxylic acids is 1. The lowest BCUT2D eigenvalue weighted by molar-refractivity contribution is -0.274. The van der Waals surface area contributed by atoms with E-state index in [9.17, 15) is 27.9 Å². The van der Waals surface area contributed by atoms with E-state index in [2.05, 4.69) is 26.0 Å². The third-order valence-electron chi connectivity index (χ3n) is 5.40. The summed E-state index contributed by atoms with van der Waals surface area (Å²) in [5, 5.41) is 13.3. The Morgan fingerprint density at radius 3 is 2.14 bits per heavy atom. The molecule has 1 heterocycles. The van der Waals surface area contributed by atoms with Crippen LogP contribution in [0.15, 0.2) is 46.9 Å². The van der Waals surface area contributed by atoms with Crippen molar-refractivity contribution in [3.05, 3.63) is 52.5 Å². The number of amides is 1. The second-order valence-electron chi connectivity index (χ2n) is 9.81. The number of nitrogens with zero attached hydrogens (tertiary/aromatic N) is 1. The summed E-state index contributed by atoms with van der Waals surface area (Å²) in [5.74, 6) is -1.61. The molecule has 0 spiro atoms. The molecule has 3 aromatic rings. The van der Waals surface area contributed by atoms with Crippen LogP contribution in [-0.4, -0.2) is 33.5 Å². The van der Waals surface area contributed by atoms with E-state index in [0.29, 0.717) is 32.2 Å². The van der Waals surface area contributed by atoms with Crippen LogP contribution in [0.25, 0.3) is 22.2 Å². The molecule has 0 fully saturated rings. The molecule has 0 aliphatic heterocycles. The van der Waals surface area contributed by atoms with Crippen LogP contribution < -0.4 is 10.1 Å².